The Morgan fingerprint density at radius 2 is 2.35 bits per heavy atom. The average molecular weight is 234 g/mol. The van der Waals surface area contributed by atoms with Crippen LogP contribution in [0.1, 0.15) is 12.0 Å². The normalized spacial score (nSPS) is 13.8. The number of likely N-dealkylation sites (N-methyl/N-ethyl adjacent to an activating group) is 2. The van der Waals surface area contributed by atoms with Gasteiger partial charge in [-0.1, -0.05) is 0 Å². The van der Waals surface area contributed by atoms with E-state index in [1.807, 2.05) is 18.2 Å². The number of ether oxygens (including phenoxy) is 1. The first kappa shape index (κ1) is 11.9. The highest BCUT2D eigenvalue weighted by Gasteiger charge is 2.14. The van der Waals surface area contributed by atoms with E-state index in [0.717, 1.165) is 30.9 Å². The number of rotatable bonds is 3. The predicted molar refractivity (Wildman–Crippen MR) is 67.6 cm³/mol. The Morgan fingerprint density at radius 3 is 3.12 bits per heavy atom. The lowest BCUT2D eigenvalue weighted by molar-refractivity contribution is -0.117. The van der Waals surface area contributed by atoms with Crippen LogP contribution in [0.5, 0.6) is 5.75 Å². The van der Waals surface area contributed by atoms with Gasteiger partial charge in [-0.25, -0.2) is 0 Å². The third-order valence-corrected chi connectivity index (χ3v) is 2.98. The molecule has 1 N–H and O–H groups in total. The SMILES string of the molecule is CNCC(=O)N(C)c1ccc2c(c1)CCCO2. The van der Waals surface area contributed by atoms with Crippen LogP contribution in [0.4, 0.5) is 5.69 Å². The molecule has 1 amide bonds. The lowest BCUT2D eigenvalue weighted by Crippen LogP contribution is -2.34. The fourth-order valence-electron chi connectivity index (χ4n) is 1.97. The van der Waals surface area contributed by atoms with Crippen molar-refractivity contribution < 1.29 is 9.53 Å². The maximum absolute atomic E-state index is 11.7. The summed E-state index contributed by atoms with van der Waals surface area (Å²) in [6.07, 6.45) is 2.07. The summed E-state index contributed by atoms with van der Waals surface area (Å²) >= 11 is 0. The first-order chi connectivity index (χ1) is 8.22. The zero-order valence-corrected chi connectivity index (χ0v) is 10.3. The number of nitrogens with one attached hydrogen (secondary N) is 1. The molecule has 17 heavy (non-hydrogen) atoms. The molecule has 4 nitrogen and oxygen atoms in total. The number of carbonyl (C=O) groups is 1. The Kier molecular flexibility index (Phi) is 3.64. The largest absolute Gasteiger partial charge is 0.493 e. The van der Waals surface area contributed by atoms with Crippen LogP contribution in [-0.4, -0.2) is 33.2 Å². The summed E-state index contributed by atoms with van der Waals surface area (Å²) in [4.78, 5) is 13.4. The summed E-state index contributed by atoms with van der Waals surface area (Å²) in [7, 11) is 3.57. The molecule has 1 aliphatic heterocycles. The zero-order valence-electron chi connectivity index (χ0n) is 10.3. The van der Waals surface area contributed by atoms with E-state index < -0.39 is 0 Å². The van der Waals surface area contributed by atoms with Gasteiger partial charge in [-0.05, 0) is 43.7 Å². The molecule has 0 radical (unpaired) electrons. The molecule has 0 saturated heterocycles. The van der Waals surface area contributed by atoms with Crippen molar-refractivity contribution in [3.05, 3.63) is 23.8 Å². The number of carbonyl (C=O) groups excluding carboxylic acids is 1. The second-order valence-electron chi connectivity index (χ2n) is 4.23. The van der Waals surface area contributed by atoms with Crippen LogP contribution in [0.25, 0.3) is 0 Å². The maximum Gasteiger partial charge on any atom is 0.240 e. The molecule has 1 aliphatic rings. The summed E-state index contributed by atoms with van der Waals surface area (Å²) in [5.74, 6) is 1.01. The molecule has 92 valence electrons. The van der Waals surface area contributed by atoms with Crippen molar-refractivity contribution in [2.24, 2.45) is 0 Å². The highest BCUT2D eigenvalue weighted by molar-refractivity contribution is 5.94. The van der Waals surface area contributed by atoms with Crippen molar-refractivity contribution in [1.29, 1.82) is 0 Å². The standard InChI is InChI=1S/C13H18N2O2/c1-14-9-13(16)15(2)11-5-6-12-10(8-11)4-3-7-17-12/h5-6,8,14H,3-4,7,9H2,1-2H3. The van der Waals surface area contributed by atoms with Crippen LogP contribution >= 0.6 is 0 Å². The Bertz CT molecular complexity index is 418. The topological polar surface area (TPSA) is 41.6 Å². The molecule has 0 atom stereocenters. The quantitative estimate of drug-likeness (QED) is 0.854. The van der Waals surface area contributed by atoms with Gasteiger partial charge in [0.2, 0.25) is 5.91 Å². The zero-order chi connectivity index (χ0) is 12.3. The van der Waals surface area contributed by atoms with Gasteiger partial charge >= 0.3 is 0 Å². The summed E-state index contributed by atoms with van der Waals surface area (Å²) in [5, 5.41) is 2.86. The van der Waals surface area contributed by atoms with Crippen LogP contribution in [0, 0.1) is 0 Å². The third kappa shape index (κ3) is 2.58. The monoisotopic (exact) mass is 234 g/mol. The van der Waals surface area contributed by atoms with Crippen molar-refractivity contribution in [3.63, 3.8) is 0 Å². The van der Waals surface area contributed by atoms with Gasteiger partial charge in [0.05, 0.1) is 13.2 Å². The Balaban J connectivity index is 2.18. The van der Waals surface area contributed by atoms with E-state index in [1.165, 1.54) is 5.56 Å². The number of nitrogens with zero attached hydrogens (tertiary/aromatic N) is 1. The van der Waals surface area contributed by atoms with Crippen molar-refractivity contribution in [2.75, 3.05) is 32.1 Å². The fraction of sp³-hybridized carbons (Fsp3) is 0.462. The highest BCUT2D eigenvalue weighted by atomic mass is 16.5. The van der Waals surface area contributed by atoms with Gasteiger partial charge in [0.25, 0.3) is 0 Å². The second-order valence-corrected chi connectivity index (χ2v) is 4.23. The van der Waals surface area contributed by atoms with Crippen molar-refractivity contribution in [1.82, 2.24) is 5.32 Å². The molecule has 0 bridgehead atoms. The molecular weight excluding hydrogens is 216 g/mol. The molecule has 4 heteroatoms. The molecule has 0 saturated carbocycles. The number of hydrogen-bond donors (Lipinski definition) is 1. The average Bonchev–Trinajstić information content (AvgIpc) is 2.37. The minimum Gasteiger partial charge on any atom is -0.493 e. The number of hydrogen-bond acceptors (Lipinski definition) is 3. The molecule has 2 rings (SSSR count). The summed E-state index contributed by atoms with van der Waals surface area (Å²) in [5.41, 5.74) is 2.12. The summed E-state index contributed by atoms with van der Waals surface area (Å²) in [6.45, 7) is 1.14. The molecule has 1 aromatic carbocycles. The summed E-state index contributed by atoms with van der Waals surface area (Å²) < 4.78 is 5.55. The van der Waals surface area contributed by atoms with E-state index in [9.17, 15) is 4.79 Å². The maximum atomic E-state index is 11.7. The van der Waals surface area contributed by atoms with Crippen LogP contribution in [0.2, 0.25) is 0 Å². The van der Waals surface area contributed by atoms with Crippen LogP contribution in [0.15, 0.2) is 18.2 Å². The van der Waals surface area contributed by atoms with Gasteiger partial charge in [-0.2, -0.15) is 0 Å². The molecule has 0 spiro atoms. The molecule has 1 heterocycles. The van der Waals surface area contributed by atoms with E-state index in [4.69, 9.17) is 4.74 Å². The highest BCUT2D eigenvalue weighted by Crippen LogP contribution is 2.28. The van der Waals surface area contributed by atoms with E-state index in [2.05, 4.69) is 5.32 Å². The fourth-order valence-corrected chi connectivity index (χ4v) is 1.97. The van der Waals surface area contributed by atoms with Crippen LogP contribution in [0.3, 0.4) is 0 Å². The minimum absolute atomic E-state index is 0.0594. The first-order valence-corrected chi connectivity index (χ1v) is 5.89. The van der Waals surface area contributed by atoms with Crippen LogP contribution < -0.4 is 15.0 Å². The third-order valence-electron chi connectivity index (χ3n) is 2.98. The molecule has 1 aromatic rings. The molecule has 0 aliphatic carbocycles. The van der Waals surface area contributed by atoms with Crippen molar-refractivity contribution >= 4 is 11.6 Å². The molecular formula is C13H18N2O2. The lowest BCUT2D eigenvalue weighted by Gasteiger charge is -2.22. The Labute approximate surface area is 102 Å². The smallest absolute Gasteiger partial charge is 0.240 e. The minimum atomic E-state index is 0.0594. The Morgan fingerprint density at radius 1 is 1.53 bits per heavy atom. The van der Waals surface area contributed by atoms with E-state index in [-0.39, 0.29) is 5.91 Å². The number of anilines is 1. The lowest BCUT2D eigenvalue weighted by atomic mass is 10.1. The van der Waals surface area contributed by atoms with Gasteiger partial charge < -0.3 is 15.0 Å². The molecule has 0 unspecified atom stereocenters. The number of aryl methyl sites for hydroxylation is 1. The van der Waals surface area contributed by atoms with E-state index in [1.54, 1.807) is 19.0 Å². The molecule has 0 aromatic heterocycles. The van der Waals surface area contributed by atoms with Gasteiger partial charge in [0.1, 0.15) is 5.75 Å². The van der Waals surface area contributed by atoms with Gasteiger partial charge in [0, 0.05) is 12.7 Å². The Hall–Kier alpha value is -1.55. The molecule has 0 fully saturated rings. The van der Waals surface area contributed by atoms with E-state index in [0.29, 0.717) is 6.54 Å². The van der Waals surface area contributed by atoms with Gasteiger partial charge in [-0.3, -0.25) is 4.79 Å². The number of fused-ring (bicyclic) bond motifs is 1. The van der Waals surface area contributed by atoms with E-state index >= 15 is 0 Å². The second kappa shape index (κ2) is 5.19. The van der Waals surface area contributed by atoms with Gasteiger partial charge in [0.15, 0.2) is 0 Å². The van der Waals surface area contributed by atoms with Gasteiger partial charge in [-0.15, -0.1) is 0 Å². The van der Waals surface area contributed by atoms with Crippen LogP contribution in [-0.2, 0) is 11.2 Å². The number of amides is 1. The predicted octanol–water partition coefficient (Wildman–Crippen LogP) is 1.19. The van der Waals surface area contributed by atoms with Crippen molar-refractivity contribution in [3.8, 4) is 5.75 Å². The first-order valence-electron chi connectivity index (χ1n) is 5.89. The van der Waals surface area contributed by atoms with Crippen molar-refractivity contribution in [2.45, 2.75) is 12.8 Å². The summed E-state index contributed by atoms with van der Waals surface area (Å²) in [6, 6.07) is 5.92. The number of benzene rings is 1.